The smallest absolute Gasteiger partial charge is 0.224 e. The molecule has 1 amide bonds. The maximum atomic E-state index is 12.0. The molecule has 1 aromatic rings. The van der Waals surface area contributed by atoms with Gasteiger partial charge in [-0.2, -0.15) is 0 Å². The van der Waals surface area contributed by atoms with Crippen molar-refractivity contribution < 1.29 is 23.7 Å². The van der Waals surface area contributed by atoms with Gasteiger partial charge < -0.3 is 24.3 Å². The molecule has 0 aliphatic heterocycles. The van der Waals surface area contributed by atoms with E-state index in [1.54, 1.807) is 40.6 Å². The zero-order valence-electron chi connectivity index (χ0n) is 13.2. The summed E-state index contributed by atoms with van der Waals surface area (Å²) in [7, 11) is 6.23. The Kier molecular flexibility index (Phi) is 6.81. The fourth-order valence-electron chi connectivity index (χ4n) is 2.04. The molecule has 6 nitrogen and oxygen atoms in total. The lowest BCUT2D eigenvalue weighted by atomic mass is 10.1. The molecular formula is C15H23NO5. The van der Waals surface area contributed by atoms with E-state index in [1.165, 1.54) is 0 Å². The lowest BCUT2D eigenvalue weighted by Gasteiger charge is -2.15. The predicted molar refractivity (Wildman–Crippen MR) is 79.3 cm³/mol. The summed E-state index contributed by atoms with van der Waals surface area (Å²) >= 11 is 0. The molecule has 0 fully saturated rings. The highest BCUT2D eigenvalue weighted by Gasteiger charge is 2.15. The molecule has 1 aromatic carbocycles. The van der Waals surface area contributed by atoms with E-state index in [4.69, 9.17) is 18.9 Å². The molecule has 0 unspecified atom stereocenters. The summed E-state index contributed by atoms with van der Waals surface area (Å²) in [5, 5.41) is 2.86. The van der Waals surface area contributed by atoms with Crippen molar-refractivity contribution in [2.45, 2.75) is 19.4 Å². The fraction of sp³-hybridized carbons (Fsp3) is 0.533. The number of nitrogens with one attached hydrogen (secondary N) is 1. The Morgan fingerprint density at radius 2 is 1.67 bits per heavy atom. The molecule has 21 heavy (non-hydrogen) atoms. The quantitative estimate of drug-likeness (QED) is 0.786. The van der Waals surface area contributed by atoms with Crippen LogP contribution in [0.1, 0.15) is 12.5 Å². The lowest BCUT2D eigenvalue weighted by Crippen LogP contribution is -2.36. The Balaban J connectivity index is 2.86. The van der Waals surface area contributed by atoms with E-state index < -0.39 is 0 Å². The first-order valence-electron chi connectivity index (χ1n) is 6.62. The Morgan fingerprint density at radius 1 is 1.10 bits per heavy atom. The van der Waals surface area contributed by atoms with Crippen molar-refractivity contribution in [1.29, 1.82) is 0 Å². The van der Waals surface area contributed by atoms with Crippen molar-refractivity contribution in [1.82, 2.24) is 5.32 Å². The fourth-order valence-corrected chi connectivity index (χ4v) is 2.04. The van der Waals surface area contributed by atoms with E-state index in [-0.39, 0.29) is 18.4 Å². The van der Waals surface area contributed by atoms with E-state index in [0.717, 1.165) is 5.56 Å². The zero-order valence-corrected chi connectivity index (χ0v) is 13.2. The summed E-state index contributed by atoms with van der Waals surface area (Å²) in [4.78, 5) is 12.0. The molecule has 0 spiro atoms. The van der Waals surface area contributed by atoms with Crippen LogP contribution >= 0.6 is 0 Å². The van der Waals surface area contributed by atoms with Crippen LogP contribution in [0.2, 0.25) is 0 Å². The summed E-state index contributed by atoms with van der Waals surface area (Å²) in [6, 6.07) is 3.49. The normalized spacial score (nSPS) is 11.7. The van der Waals surface area contributed by atoms with E-state index in [0.29, 0.717) is 23.9 Å². The van der Waals surface area contributed by atoms with Crippen LogP contribution in [0.3, 0.4) is 0 Å². The van der Waals surface area contributed by atoms with Gasteiger partial charge in [-0.25, -0.2) is 0 Å². The number of carbonyl (C=O) groups excluding carboxylic acids is 1. The lowest BCUT2D eigenvalue weighted by molar-refractivity contribution is -0.121. The van der Waals surface area contributed by atoms with Crippen LogP contribution in [0.5, 0.6) is 17.2 Å². The molecule has 1 rings (SSSR count). The van der Waals surface area contributed by atoms with Gasteiger partial charge >= 0.3 is 0 Å². The SMILES string of the molecule is COC[C@H](C)NC(=O)Cc1cc(OC)c(OC)c(OC)c1. The zero-order chi connectivity index (χ0) is 15.8. The van der Waals surface area contributed by atoms with Gasteiger partial charge in [0.15, 0.2) is 11.5 Å². The molecular weight excluding hydrogens is 274 g/mol. The number of carbonyl (C=O) groups is 1. The van der Waals surface area contributed by atoms with Gasteiger partial charge in [-0.15, -0.1) is 0 Å². The summed E-state index contributed by atoms with van der Waals surface area (Å²) < 4.78 is 20.8. The van der Waals surface area contributed by atoms with E-state index in [9.17, 15) is 4.79 Å². The minimum absolute atomic E-state index is 0.0375. The topological polar surface area (TPSA) is 66.0 Å². The van der Waals surface area contributed by atoms with Gasteiger partial charge in [0, 0.05) is 13.2 Å². The minimum atomic E-state index is -0.0891. The van der Waals surface area contributed by atoms with Gasteiger partial charge in [0.1, 0.15) is 0 Å². The van der Waals surface area contributed by atoms with Gasteiger partial charge in [-0.05, 0) is 24.6 Å². The Hall–Kier alpha value is -1.95. The highest BCUT2D eigenvalue weighted by molar-refractivity contribution is 5.79. The molecule has 0 aliphatic rings. The van der Waals surface area contributed by atoms with Crippen molar-refractivity contribution in [3.8, 4) is 17.2 Å². The van der Waals surface area contributed by atoms with Crippen molar-refractivity contribution in [3.63, 3.8) is 0 Å². The van der Waals surface area contributed by atoms with Gasteiger partial charge in [-0.3, -0.25) is 4.79 Å². The van der Waals surface area contributed by atoms with Gasteiger partial charge in [0.05, 0.1) is 34.4 Å². The minimum Gasteiger partial charge on any atom is -0.493 e. The van der Waals surface area contributed by atoms with Crippen LogP contribution in [-0.4, -0.2) is 47.0 Å². The van der Waals surface area contributed by atoms with Crippen LogP contribution in [0.15, 0.2) is 12.1 Å². The highest BCUT2D eigenvalue weighted by atomic mass is 16.5. The number of benzene rings is 1. The van der Waals surface area contributed by atoms with Gasteiger partial charge in [0.25, 0.3) is 0 Å². The molecule has 0 aromatic heterocycles. The first-order valence-corrected chi connectivity index (χ1v) is 6.62. The molecule has 0 heterocycles. The molecule has 0 aliphatic carbocycles. The van der Waals surface area contributed by atoms with E-state index >= 15 is 0 Å². The van der Waals surface area contributed by atoms with Crippen LogP contribution in [0.4, 0.5) is 0 Å². The molecule has 6 heteroatoms. The molecule has 0 saturated heterocycles. The molecule has 0 saturated carbocycles. The maximum Gasteiger partial charge on any atom is 0.224 e. The third-order valence-corrected chi connectivity index (χ3v) is 2.91. The van der Waals surface area contributed by atoms with Crippen molar-refractivity contribution in [2.75, 3.05) is 35.0 Å². The number of ether oxygens (including phenoxy) is 4. The van der Waals surface area contributed by atoms with Crippen LogP contribution < -0.4 is 19.5 Å². The summed E-state index contributed by atoms with van der Waals surface area (Å²) in [5.74, 6) is 1.49. The number of hydrogen-bond donors (Lipinski definition) is 1. The molecule has 0 bridgehead atoms. The molecule has 1 atom stereocenters. The van der Waals surface area contributed by atoms with Crippen molar-refractivity contribution >= 4 is 5.91 Å². The van der Waals surface area contributed by atoms with Crippen LogP contribution in [-0.2, 0) is 16.0 Å². The summed E-state index contributed by atoms with van der Waals surface area (Å²) in [6.45, 7) is 2.36. The molecule has 1 N–H and O–H groups in total. The Bertz CT molecular complexity index is 450. The average molecular weight is 297 g/mol. The number of methoxy groups -OCH3 is 4. The van der Waals surface area contributed by atoms with Crippen molar-refractivity contribution in [2.24, 2.45) is 0 Å². The molecule has 118 valence electrons. The average Bonchev–Trinajstić information content (AvgIpc) is 2.45. The maximum absolute atomic E-state index is 12.0. The first kappa shape index (κ1) is 17.1. The number of hydrogen-bond acceptors (Lipinski definition) is 5. The Labute approximate surface area is 125 Å². The largest absolute Gasteiger partial charge is 0.493 e. The first-order chi connectivity index (χ1) is 10.0. The highest BCUT2D eigenvalue weighted by Crippen LogP contribution is 2.38. The number of amides is 1. The van der Waals surface area contributed by atoms with Crippen LogP contribution in [0, 0.1) is 0 Å². The third kappa shape index (κ3) is 4.82. The number of rotatable bonds is 8. The Morgan fingerprint density at radius 3 is 2.10 bits per heavy atom. The summed E-state index contributed by atoms with van der Waals surface area (Å²) in [6.07, 6.45) is 0.227. The van der Waals surface area contributed by atoms with Gasteiger partial charge in [0.2, 0.25) is 11.7 Å². The van der Waals surface area contributed by atoms with Crippen LogP contribution in [0.25, 0.3) is 0 Å². The van der Waals surface area contributed by atoms with Gasteiger partial charge in [-0.1, -0.05) is 0 Å². The van der Waals surface area contributed by atoms with E-state index in [2.05, 4.69) is 5.32 Å². The second kappa shape index (κ2) is 8.36. The van der Waals surface area contributed by atoms with E-state index in [1.807, 2.05) is 6.92 Å². The second-order valence-corrected chi connectivity index (χ2v) is 4.63. The van der Waals surface area contributed by atoms with Crippen molar-refractivity contribution in [3.05, 3.63) is 17.7 Å². The monoisotopic (exact) mass is 297 g/mol. The summed E-state index contributed by atoms with van der Waals surface area (Å²) in [5.41, 5.74) is 0.784. The molecule has 0 radical (unpaired) electrons. The standard InChI is InChI=1S/C15H23NO5/c1-10(9-18-2)16-14(17)8-11-6-12(19-3)15(21-5)13(7-11)20-4/h6-7,10H,8-9H2,1-5H3,(H,16,17)/t10-/m0/s1. The third-order valence-electron chi connectivity index (χ3n) is 2.91. The second-order valence-electron chi connectivity index (χ2n) is 4.63. The predicted octanol–water partition coefficient (Wildman–Crippen LogP) is 1.41.